The van der Waals surface area contributed by atoms with Gasteiger partial charge < -0.3 is 40.7 Å². The summed E-state index contributed by atoms with van der Waals surface area (Å²) >= 11 is 18.2. The lowest BCUT2D eigenvalue weighted by molar-refractivity contribution is -0.137. The quantitative estimate of drug-likeness (QED) is 0.0436. The summed E-state index contributed by atoms with van der Waals surface area (Å²) in [5.74, 6) is -5.49. The average molecular weight is 1510 g/mol. The Bertz CT molecular complexity index is 4680. The highest BCUT2D eigenvalue weighted by atomic mass is 35.5. The molecule has 0 spiro atoms. The summed E-state index contributed by atoms with van der Waals surface area (Å²) in [6.07, 6.45) is 1.90. The van der Waals surface area contributed by atoms with Crippen molar-refractivity contribution in [3.8, 4) is 0 Å². The van der Waals surface area contributed by atoms with E-state index in [0.29, 0.717) is 60.6 Å². The van der Waals surface area contributed by atoms with Gasteiger partial charge in [-0.1, -0.05) is 191 Å². The predicted molar refractivity (Wildman–Crippen MR) is 399 cm³/mol. The zero-order valence-electron chi connectivity index (χ0n) is 56.2. The molecule has 0 unspecified atom stereocenters. The number of carbonyl (C=O) groups is 5. The number of hydrogen-bond donors (Lipinski definition) is 6. The number of halogens is 6. The molecule has 0 fully saturated rings. The maximum absolute atomic E-state index is 13.7. The van der Waals surface area contributed by atoms with Gasteiger partial charge in [0, 0.05) is 40.7 Å². The Morgan fingerprint density at radius 3 is 1.02 bits per heavy atom. The van der Waals surface area contributed by atoms with Crippen molar-refractivity contribution in [2.45, 2.75) is 49.8 Å². The van der Waals surface area contributed by atoms with Crippen LogP contribution < -0.4 is 16.0 Å². The number of ether oxygens (including phenoxy) is 2. The second-order valence-corrected chi connectivity index (χ2v) is 28.8. The summed E-state index contributed by atoms with van der Waals surface area (Å²) in [7, 11) is -6.47. The van der Waals surface area contributed by atoms with Crippen LogP contribution in [0.15, 0.2) is 228 Å². The number of para-hydroxylation sites is 3. The van der Waals surface area contributed by atoms with Crippen molar-refractivity contribution >= 4 is 141 Å². The number of rotatable bonds is 18. The normalized spacial score (nSPS) is 12.3. The minimum Gasteiger partial charge on any atom is -0.481 e. The molecule has 25 heteroatoms. The fourth-order valence-electron chi connectivity index (χ4n) is 10.6. The lowest BCUT2D eigenvalue weighted by atomic mass is 9.97. The molecule has 17 nitrogen and oxygen atoms in total. The highest BCUT2D eigenvalue weighted by Crippen LogP contribution is 2.38. The Kier molecular flexibility index (Phi) is 27.0. The fourth-order valence-corrected chi connectivity index (χ4v) is 12.5. The van der Waals surface area contributed by atoms with Gasteiger partial charge in [0.15, 0.2) is 19.7 Å². The summed E-state index contributed by atoms with van der Waals surface area (Å²) in [5.41, 5.74) is 12.4. The van der Waals surface area contributed by atoms with Crippen molar-refractivity contribution in [1.82, 2.24) is 0 Å². The summed E-state index contributed by atoms with van der Waals surface area (Å²) in [6.45, 7) is 5.99. The molecule has 0 radical (unpaired) electrons. The second-order valence-electron chi connectivity index (χ2n) is 23.5. The minimum atomic E-state index is -3.23. The zero-order valence-corrected chi connectivity index (χ0v) is 60.1. The van der Waals surface area contributed by atoms with E-state index in [1.165, 1.54) is 30.7 Å². The standard InChI is InChI=1S/2C17H14O4S.C15H13Cl2NO2.C15H13ClFNO2.C15H13F2NO2/c2*1-22(19,20)14-9-7-12(8-10-14)15-11-21-17(18)16(15)13-5-3-2-4-6-13;3*1-9-5-6-13(10(7-9)8-14(19)20)18-15-11(16)3-2-4-12(15)17/h2*2-10H,11H2,1H3;3*2-7,18H,8H2,1H3,(H,19,20). The van der Waals surface area contributed by atoms with E-state index in [0.717, 1.165) is 62.2 Å². The van der Waals surface area contributed by atoms with Crippen LogP contribution in [0.3, 0.4) is 0 Å². The molecule has 0 saturated carbocycles. The molecule has 0 aromatic heterocycles. The van der Waals surface area contributed by atoms with Crippen LogP contribution in [0.25, 0.3) is 22.3 Å². The van der Waals surface area contributed by atoms with E-state index < -0.39 is 55.0 Å². The third-order valence-electron chi connectivity index (χ3n) is 15.6. The number of nitrogens with one attached hydrogen (secondary N) is 3. The summed E-state index contributed by atoms with van der Waals surface area (Å²) in [4.78, 5) is 57.2. The number of carboxylic acids is 3. The Morgan fingerprint density at radius 1 is 0.394 bits per heavy atom. The van der Waals surface area contributed by atoms with Crippen molar-refractivity contribution in [2.75, 3.05) is 41.7 Å². The molecule has 0 aliphatic carbocycles. The number of aryl methyl sites for hydroxylation is 3. The zero-order chi connectivity index (χ0) is 75.6. The topological polar surface area (TPSA) is 269 Å². The predicted octanol–water partition coefficient (Wildman–Crippen LogP) is 17.6. The first-order chi connectivity index (χ1) is 49.3. The smallest absolute Gasteiger partial charge is 0.339 e. The summed E-state index contributed by atoms with van der Waals surface area (Å²) in [5, 5.41) is 36.6. The first kappa shape index (κ1) is 78.7. The van der Waals surface area contributed by atoms with Crippen molar-refractivity contribution < 1.29 is 78.8 Å². The van der Waals surface area contributed by atoms with Crippen LogP contribution in [0.2, 0.25) is 15.1 Å². The number of aliphatic carboxylic acids is 3. The van der Waals surface area contributed by atoms with E-state index >= 15 is 0 Å². The van der Waals surface area contributed by atoms with E-state index in [2.05, 4.69) is 16.0 Å². The SMILES string of the molecule is CS(=O)(=O)c1ccc(C2=C(c3ccccc3)C(=O)OC2)cc1.CS(=O)(=O)c1ccc(C2=C(c3ccccc3)C(=O)OC2)cc1.Cc1ccc(Nc2c(Cl)cccc2Cl)c(CC(=O)O)c1.Cc1ccc(Nc2c(F)cccc2Cl)c(CC(=O)O)c1.Cc1ccc(Nc2c(F)cccc2F)c(CC(=O)O)c1. The van der Waals surface area contributed by atoms with Gasteiger partial charge in [-0.15, -0.1) is 0 Å². The molecular weight excluding hydrogens is 1440 g/mol. The molecule has 536 valence electrons. The summed E-state index contributed by atoms with van der Waals surface area (Å²) in [6, 6.07) is 60.6. The van der Waals surface area contributed by atoms with Gasteiger partial charge >= 0.3 is 29.8 Å². The van der Waals surface area contributed by atoms with Crippen LogP contribution in [0.1, 0.15) is 55.6 Å². The second kappa shape index (κ2) is 35.7. The maximum Gasteiger partial charge on any atom is 0.339 e. The number of carbonyl (C=O) groups excluding carboxylic acids is 2. The van der Waals surface area contributed by atoms with Gasteiger partial charge in [-0.05, 0) is 139 Å². The third-order valence-corrected chi connectivity index (χ3v) is 18.8. The molecule has 10 aromatic carbocycles. The average Bonchev–Trinajstić information content (AvgIpc) is 1.61. The number of carboxylic acid groups (broad SMARTS) is 3. The molecule has 0 bridgehead atoms. The molecule has 12 rings (SSSR count). The molecular formula is C79H67Cl3F3N3O14S2. The molecule has 104 heavy (non-hydrogen) atoms. The highest BCUT2D eigenvalue weighted by molar-refractivity contribution is 7.91. The van der Waals surface area contributed by atoms with E-state index in [1.54, 1.807) is 103 Å². The van der Waals surface area contributed by atoms with Crippen LogP contribution in [0.4, 0.5) is 47.3 Å². The van der Waals surface area contributed by atoms with Gasteiger partial charge in [0.05, 0.1) is 66.6 Å². The number of sulfone groups is 2. The molecule has 0 amide bonds. The van der Waals surface area contributed by atoms with Gasteiger partial charge in [-0.2, -0.15) is 0 Å². The van der Waals surface area contributed by atoms with Crippen molar-refractivity contribution in [3.05, 3.63) is 307 Å². The number of cyclic esters (lactones) is 2. The molecule has 6 N–H and O–H groups in total. The van der Waals surface area contributed by atoms with Gasteiger partial charge in [0.2, 0.25) is 0 Å². The van der Waals surface area contributed by atoms with Crippen molar-refractivity contribution in [2.24, 2.45) is 0 Å². The van der Waals surface area contributed by atoms with Crippen LogP contribution in [0.5, 0.6) is 0 Å². The van der Waals surface area contributed by atoms with E-state index in [9.17, 15) is 54.0 Å². The van der Waals surface area contributed by atoms with Gasteiger partial charge in [-0.3, -0.25) is 14.4 Å². The first-order valence-corrected chi connectivity index (χ1v) is 36.4. The Labute approximate surface area is 613 Å². The van der Waals surface area contributed by atoms with Crippen LogP contribution in [-0.2, 0) is 72.4 Å². The van der Waals surface area contributed by atoms with E-state index in [4.69, 9.17) is 59.6 Å². The van der Waals surface area contributed by atoms with Crippen LogP contribution in [-0.4, -0.2) is 87.7 Å². The number of anilines is 6. The van der Waals surface area contributed by atoms with Crippen LogP contribution >= 0.6 is 34.8 Å². The summed E-state index contributed by atoms with van der Waals surface area (Å²) < 4.78 is 97.3. The lowest BCUT2D eigenvalue weighted by Gasteiger charge is -2.14. The van der Waals surface area contributed by atoms with E-state index in [-0.39, 0.29) is 70.6 Å². The number of hydrogen-bond acceptors (Lipinski definition) is 14. The largest absolute Gasteiger partial charge is 0.481 e. The van der Waals surface area contributed by atoms with Crippen molar-refractivity contribution in [1.29, 1.82) is 0 Å². The Morgan fingerprint density at radius 2 is 0.692 bits per heavy atom. The Hall–Kier alpha value is -11.0. The van der Waals surface area contributed by atoms with Gasteiger partial charge in [-0.25, -0.2) is 39.6 Å². The lowest BCUT2D eigenvalue weighted by Crippen LogP contribution is -2.05. The minimum absolute atomic E-state index is 0.0634. The molecule has 10 aromatic rings. The Balaban J connectivity index is 0.000000165. The van der Waals surface area contributed by atoms with Crippen LogP contribution in [0, 0.1) is 38.2 Å². The monoisotopic (exact) mass is 1510 g/mol. The first-order valence-electron chi connectivity index (χ1n) is 31.4. The third kappa shape index (κ3) is 21.8. The molecule has 2 aliphatic rings. The maximum atomic E-state index is 13.7. The molecule has 2 aliphatic heterocycles. The number of esters is 2. The van der Waals surface area contributed by atoms with Gasteiger partial charge in [0.25, 0.3) is 0 Å². The number of benzene rings is 10. The van der Waals surface area contributed by atoms with Gasteiger partial charge in [0.1, 0.15) is 36.4 Å². The fraction of sp³-hybridized carbons (Fsp3) is 0.127. The van der Waals surface area contributed by atoms with E-state index in [1.807, 2.05) is 106 Å². The molecule has 2 heterocycles. The molecule has 0 saturated heterocycles. The van der Waals surface area contributed by atoms with Crippen molar-refractivity contribution in [3.63, 3.8) is 0 Å². The molecule has 0 atom stereocenters. The highest BCUT2D eigenvalue weighted by Gasteiger charge is 2.29.